The average molecular weight is 289 g/mol. The summed E-state index contributed by atoms with van der Waals surface area (Å²) in [7, 11) is 1.86. The van der Waals surface area contributed by atoms with Crippen molar-refractivity contribution in [3.05, 3.63) is 36.2 Å². The molecule has 1 aromatic carbocycles. The number of benzene rings is 1. The molecule has 0 N–H and O–H groups in total. The lowest BCUT2D eigenvalue weighted by molar-refractivity contribution is 0.663. The molecule has 5 nitrogen and oxygen atoms in total. The van der Waals surface area contributed by atoms with Crippen molar-refractivity contribution in [2.45, 2.75) is 26.2 Å². The summed E-state index contributed by atoms with van der Waals surface area (Å²) in [6, 6.07) is 10.3. The molecule has 0 aliphatic heterocycles. The molecule has 0 amide bonds. The molecule has 0 atom stereocenters. The lowest BCUT2D eigenvalue weighted by Crippen LogP contribution is -2.28. The molecule has 0 radical (unpaired) electrons. The summed E-state index contributed by atoms with van der Waals surface area (Å²) in [5.74, 6) is 0.899. The van der Waals surface area contributed by atoms with Gasteiger partial charge in [0.1, 0.15) is 0 Å². The fourth-order valence-corrected chi connectivity index (χ4v) is 2.48. The SMILES string of the molecule is CCN(C(=S)CCCc1nnnn1C)c1ccccc1. The lowest BCUT2D eigenvalue weighted by atomic mass is 10.2. The molecule has 6 heteroatoms. The number of rotatable bonds is 6. The van der Waals surface area contributed by atoms with Crippen LogP contribution in [0.3, 0.4) is 0 Å². The monoisotopic (exact) mass is 289 g/mol. The normalized spacial score (nSPS) is 10.5. The largest absolute Gasteiger partial charge is 0.336 e. The highest BCUT2D eigenvalue weighted by atomic mass is 32.1. The van der Waals surface area contributed by atoms with Crippen LogP contribution in [0, 0.1) is 0 Å². The van der Waals surface area contributed by atoms with Crippen molar-refractivity contribution in [3.63, 3.8) is 0 Å². The summed E-state index contributed by atoms with van der Waals surface area (Å²) in [6.45, 7) is 3.00. The van der Waals surface area contributed by atoms with Crippen LogP contribution in [0.25, 0.3) is 0 Å². The number of aromatic nitrogens is 4. The number of anilines is 1. The lowest BCUT2D eigenvalue weighted by Gasteiger charge is -2.23. The van der Waals surface area contributed by atoms with Crippen molar-refractivity contribution in [1.29, 1.82) is 0 Å². The Hall–Kier alpha value is -1.82. The van der Waals surface area contributed by atoms with Crippen LogP contribution in [0.4, 0.5) is 5.69 Å². The Kier molecular flexibility index (Phi) is 5.17. The van der Waals surface area contributed by atoms with Crippen LogP contribution >= 0.6 is 12.2 Å². The van der Waals surface area contributed by atoms with Crippen LogP contribution in [0.15, 0.2) is 30.3 Å². The minimum Gasteiger partial charge on any atom is -0.336 e. The highest BCUT2D eigenvalue weighted by Gasteiger charge is 2.10. The predicted octanol–water partition coefficient (Wildman–Crippen LogP) is 2.39. The molecule has 0 saturated carbocycles. The Morgan fingerprint density at radius 1 is 1.30 bits per heavy atom. The molecular formula is C14H19N5S. The fraction of sp³-hybridized carbons (Fsp3) is 0.429. The van der Waals surface area contributed by atoms with E-state index in [1.54, 1.807) is 4.68 Å². The van der Waals surface area contributed by atoms with E-state index in [1.807, 2.05) is 25.2 Å². The number of para-hydroxylation sites is 1. The number of tetrazole rings is 1. The highest BCUT2D eigenvalue weighted by molar-refractivity contribution is 7.80. The quantitative estimate of drug-likeness (QED) is 0.764. The maximum atomic E-state index is 5.55. The summed E-state index contributed by atoms with van der Waals surface area (Å²) in [6.07, 6.45) is 2.66. The minimum atomic E-state index is 0.843. The van der Waals surface area contributed by atoms with Gasteiger partial charge in [0.2, 0.25) is 0 Å². The molecule has 0 bridgehead atoms. The number of hydrogen-bond donors (Lipinski definition) is 0. The van der Waals surface area contributed by atoms with Gasteiger partial charge in [0.15, 0.2) is 5.82 Å². The first-order chi connectivity index (χ1) is 9.72. The van der Waals surface area contributed by atoms with Gasteiger partial charge in [-0.3, -0.25) is 0 Å². The van der Waals surface area contributed by atoms with E-state index in [4.69, 9.17) is 12.2 Å². The van der Waals surface area contributed by atoms with E-state index in [1.165, 1.54) is 0 Å². The van der Waals surface area contributed by atoms with Gasteiger partial charge in [-0.05, 0) is 42.3 Å². The first-order valence-electron chi connectivity index (χ1n) is 6.79. The molecule has 0 unspecified atom stereocenters. The standard InChI is InChI=1S/C14H19N5S/c1-3-19(12-8-5-4-6-9-12)14(20)11-7-10-13-15-16-17-18(13)2/h4-6,8-9H,3,7,10-11H2,1-2H3. The van der Waals surface area contributed by atoms with Gasteiger partial charge in [0, 0.05) is 25.7 Å². The summed E-state index contributed by atoms with van der Waals surface area (Å²) < 4.78 is 1.71. The molecule has 0 spiro atoms. The van der Waals surface area contributed by atoms with Gasteiger partial charge in [-0.15, -0.1) is 5.10 Å². The molecule has 2 rings (SSSR count). The predicted molar refractivity (Wildman–Crippen MR) is 83.8 cm³/mol. The zero-order chi connectivity index (χ0) is 14.4. The van der Waals surface area contributed by atoms with Gasteiger partial charge < -0.3 is 4.90 Å². The van der Waals surface area contributed by atoms with E-state index in [9.17, 15) is 0 Å². The molecule has 0 aliphatic rings. The van der Waals surface area contributed by atoms with E-state index in [2.05, 4.69) is 39.5 Å². The second-order valence-corrected chi connectivity index (χ2v) is 5.02. The van der Waals surface area contributed by atoms with E-state index in [-0.39, 0.29) is 0 Å². The number of aryl methyl sites for hydroxylation is 2. The third-order valence-corrected chi connectivity index (χ3v) is 3.61. The summed E-state index contributed by atoms with van der Waals surface area (Å²) >= 11 is 5.55. The molecule has 0 fully saturated rings. The summed E-state index contributed by atoms with van der Waals surface area (Å²) in [5.41, 5.74) is 1.15. The third-order valence-electron chi connectivity index (χ3n) is 3.18. The van der Waals surface area contributed by atoms with E-state index in [0.29, 0.717) is 0 Å². The van der Waals surface area contributed by atoms with Crippen LogP contribution in [-0.2, 0) is 13.5 Å². The Bertz CT molecular complexity index is 552. The maximum Gasteiger partial charge on any atom is 0.150 e. The Balaban J connectivity index is 1.89. The van der Waals surface area contributed by atoms with Crippen LogP contribution < -0.4 is 4.90 Å². The van der Waals surface area contributed by atoms with Gasteiger partial charge in [0.25, 0.3) is 0 Å². The van der Waals surface area contributed by atoms with Gasteiger partial charge in [-0.1, -0.05) is 30.4 Å². The smallest absolute Gasteiger partial charge is 0.150 e. The molecule has 20 heavy (non-hydrogen) atoms. The number of nitrogens with zero attached hydrogens (tertiary/aromatic N) is 5. The maximum absolute atomic E-state index is 5.55. The van der Waals surface area contributed by atoms with Gasteiger partial charge in [0.05, 0.1) is 4.99 Å². The topological polar surface area (TPSA) is 46.8 Å². The molecule has 1 aromatic heterocycles. The molecule has 1 heterocycles. The Morgan fingerprint density at radius 2 is 2.05 bits per heavy atom. The second-order valence-electron chi connectivity index (χ2n) is 4.55. The van der Waals surface area contributed by atoms with Gasteiger partial charge in [-0.2, -0.15) is 0 Å². The van der Waals surface area contributed by atoms with Crippen molar-refractivity contribution in [2.75, 3.05) is 11.4 Å². The molecule has 106 valence electrons. The average Bonchev–Trinajstić information content (AvgIpc) is 2.86. The van der Waals surface area contributed by atoms with Crippen molar-refractivity contribution in [1.82, 2.24) is 20.2 Å². The second kappa shape index (κ2) is 7.09. The Morgan fingerprint density at radius 3 is 2.65 bits per heavy atom. The molecular weight excluding hydrogens is 270 g/mol. The van der Waals surface area contributed by atoms with E-state index in [0.717, 1.165) is 42.3 Å². The Labute approximate surface area is 124 Å². The zero-order valence-electron chi connectivity index (χ0n) is 11.9. The van der Waals surface area contributed by atoms with Crippen LogP contribution in [0.1, 0.15) is 25.6 Å². The van der Waals surface area contributed by atoms with Crippen molar-refractivity contribution in [2.24, 2.45) is 7.05 Å². The third kappa shape index (κ3) is 3.60. The summed E-state index contributed by atoms with van der Waals surface area (Å²) in [5, 5.41) is 11.4. The van der Waals surface area contributed by atoms with Gasteiger partial charge in [-0.25, -0.2) is 4.68 Å². The highest BCUT2D eigenvalue weighted by Crippen LogP contribution is 2.16. The van der Waals surface area contributed by atoms with Crippen molar-refractivity contribution >= 4 is 22.9 Å². The number of thiocarbonyl (C=S) groups is 1. The van der Waals surface area contributed by atoms with Crippen LogP contribution in [0.2, 0.25) is 0 Å². The fourth-order valence-electron chi connectivity index (χ4n) is 2.10. The van der Waals surface area contributed by atoms with Gasteiger partial charge >= 0.3 is 0 Å². The zero-order valence-corrected chi connectivity index (χ0v) is 12.7. The number of hydrogen-bond acceptors (Lipinski definition) is 4. The van der Waals surface area contributed by atoms with Crippen molar-refractivity contribution < 1.29 is 0 Å². The first-order valence-corrected chi connectivity index (χ1v) is 7.20. The van der Waals surface area contributed by atoms with Crippen LogP contribution in [-0.4, -0.2) is 31.7 Å². The van der Waals surface area contributed by atoms with Crippen molar-refractivity contribution in [3.8, 4) is 0 Å². The molecule has 2 aromatic rings. The molecule has 0 saturated heterocycles. The first kappa shape index (κ1) is 14.6. The minimum absolute atomic E-state index is 0.843. The van der Waals surface area contributed by atoms with Crippen LogP contribution in [0.5, 0.6) is 0 Å². The van der Waals surface area contributed by atoms with E-state index >= 15 is 0 Å². The van der Waals surface area contributed by atoms with E-state index < -0.39 is 0 Å². The summed E-state index contributed by atoms with van der Waals surface area (Å²) in [4.78, 5) is 3.14. The molecule has 0 aliphatic carbocycles.